The van der Waals surface area contributed by atoms with Crippen LogP contribution >= 0.6 is 0 Å². The molecule has 66 heavy (non-hydrogen) atoms. The summed E-state index contributed by atoms with van der Waals surface area (Å²) in [6, 6.07) is 0. The number of allylic oxidation sites excluding steroid dienone is 20. The Bertz CT molecular complexity index is 1420. The second-order valence-corrected chi connectivity index (χ2v) is 17.2. The van der Waals surface area contributed by atoms with Crippen LogP contribution in [0.2, 0.25) is 0 Å². The molecule has 0 aromatic heterocycles. The first-order valence-electron chi connectivity index (χ1n) is 26.6. The van der Waals surface area contributed by atoms with Gasteiger partial charge in [-0.2, -0.15) is 0 Å². The predicted molar refractivity (Wildman–Crippen MR) is 283 cm³/mol. The summed E-state index contributed by atoms with van der Waals surface area (Å²) in [6.45, 7) is 6.30. The van der Waals surface area contributed by atoms with Crippen LogP contribution in [0.5, 0.6) is 0 Å². The molecule has 1 unspecified atom stereocenters. The van der Waals surface area contributed by atoms with Crippen LogP contribution in [0.3, 0.4) is 0 Å². The van der Waals surface area contributed by atoms with Crippen molar-refractivity contribution in [1.29, 1.82) is 0 Å². The Morgan fingerprint density at radius 2 is 0.667 bits per heavy atom. The van der Waals surface area contributed by atoms with Gasteiger partial charge < -0.3 is 14.2 Å². The van der Waals surface area contributed by atoms with Crippen molar-refractivity contribution >= 4 is 17.9 Å². The van der Waals surface area contributed by atoms with Crippen molar-refractivity contribution in [1.82, 2.24) is 0 Å². The van der Waals surface area contributed by atoms with E-state index in [2.05, 4.69) is 81.5 Å². The van der Waals surface area contributed by atoms with Crippen LogP contribution in [-0.2, 0) is 28.6 Å². The molecule has 0 spiro atoms. The second kappa shape index (κ2) is 53.4. The quantitative estimate of drug-likeness (QED) is 0.0199. The highest BCUT2D eigenvalue weighted by Crippen LogP contribution is 2.14. The van der Waals surface area contributed by atoms with Gasteiger partial charge in [0.25, 0.3) is 0 Å². The molecular formula is C60H96O6. The maximum absolute atomic E-state index is 12.8. The van der Waals surface area contributed by atoms with Crippen molar-refractivity contribution in [3.63, 3.8) is 0 Å². The van der Waals surface area contributed by atoms with E-state index in [0.717, 1.165) is 103 Å². The van der Waals surface area contributed by atoms with Gasteiger partial charge in [-0.25, -0.2) is 0 Å². The fourth-order valence-electron chi connectivity index (χ4n) is 6.89. The van der Waals surface area contributed by atoms with Gasteiger partial charge in [0.15, 0.2) is 6.10 Å². The minimum absolute atomic E-state index is 0.109. The lowest BCUT2D eigenvalue weighted by molar-refractivity contribution is -0.167. The molecule has 6 heteroatoms. The van der Waals surface area contributed by atoms with Crippen molar-refractivity contribution in [3.8, 4) is 0 Å². The fourth-order valence-corrected chi connectivity index (χ4v) is 6.89. The minimum atomic E-state index is -0.812. The van der Waals surface area contributed by atoms with Gasteiger partial charge >= 0.3 is 17.9 Å². The van der Waals surface area contributed by atoms with Crippen molar-refractivity contribution < 1.29 is 28.6 Å². The number of carbonyl (C=O) groups excluding carboxylic acids is 3. The molecule has 0 aromatic carbocycles. The van der Waals surface area contributed by atoms with E-state index in [1.54, 1.807) is 0 Å². The zero-order valence-electron chi connectivity index (χ0n) is 42.4. The van der Waals surface area contributed by atoms with Crippen LogP contribution in [0, 0.1) is 0 Å². The van der Waals surface area contributed by atoms with E-state index in [4.69, 9.17) is 14.2 Å². The summed E-state index contributed by atoms with van der Waals surface area (Å²) in [5, 5.41) is 0. The van der Waals surface area contributed by atoms with Crippen LogP contribution in [0.4, 0.5) is 0 Å². The van der Waals surface area contributed by atoms with E-state index in [-0.39, 0.29) is 31.1 Å². The molecule has 6 nitrogen and oxygen atoms in total. The number of unbranched alkanes of at least 4 members (excludes halogenated alkanes) is 20. The molecular weight excluding hydrogens is 817 g/mol. The van der Waals surface area contributed by atoms with E-state index in [1.807, 2.05) is 60.8 Å². The lowest BCUT2D eigenvalue weighted by atomic mass is 10.1. The van der Waals surface area contributed by atoms with Crippen LogP contribution in [-0.4, -0.2) is 37.2 Å². The number of carbonyl (C=O) groups is 3. The predicted octanol–water partition coefficient (Wildman–Crippen LogP) is 17.7. The van der Waals surface area contributed by atoms with Gasteiger partial charge in [-0.15, -0.1) is 0 Å². The smallest absolute Gasteiger partial charge is 0.306 e. The standard InChI is InChI=1S/C60H96O6/c1-4-7-10-13-16-19-22-25-28-30-32-35-38-41-44-47-50-53-59(62)65-56-57(55-64-58(61)52-49-46-43-40-37-34-27-24-21-18-15-12-9-6-3)66-60(63)54-51-48-45-42-39-36-33-31-29-26-23-20-17-14-11-8-5-2/h7,9-10,12-13,16,18-19,21-22,25-30,32,34-35,38,57H,4-6,8,11,14-15,17,20,23-24,31,33,36-37,39-56H2,1-3H3/b10-7-,12-9-,16-13-,21-18-,22-19-,28-25-,29-26-,32-30+,34-27-,38-35-. The molecule has 0 saturated heterocycles. The van der Waals surface area contributed by atoms with Crippen molar-refractivity contribution in [2.75, 3.05) is 13.2 Å². The summed E-state index contributed by atoms with van der Waals surface area (Å²) in [5.74, 6) is -0.984. The first-order chi connectivity index (χ1) is 32.5. The molecule has 372 valence electrons. The van der Waals surface area contributed by atoms with Gasteiger partial charge in [0.2, 0.25) is 0 Å². The normalized spacial score (nSPS) is 13.1. The molecule has 0 aliphatic carbocycles. The molecule has 0 heterocycles. The minimum Gasteiger partial charge on any atom is -0.462 e. The SMILES string of the molecule is CC\C=C/C=C\C=C/C=C\C=C\C=C/CCCCCC(=O)OCC(COC(=O)CCCCCC/C=C\C/C=C\C/C=C\CC)OC(=O)CCCCCCCCC/C=C\CCCCCCCC. The van der Waals surface area contributed by atoms with Crippen LogP contribution in [0.15, 0.2) is 122 Å². The van der Waals surface area contributed by atoms with Gasteiger partial charge in [-0.3, -0.25) is 14.4 Å². The first-order valence-corrected chi connectivity index (χ1v) is 26.6. The van der Waals surface area contributed by atoms with Gasteiger partial charge in [0.1, 0.15) is 13.2 Å². The second-order valence-electron chi connectivity index (χ2n) is 17.2. The molecule has 0 aromatic rings. The van der Waals surface area contributed by atoms with E-state index in [1.165, 1.54) is 77.0 Å². The maximum Gasteiger partial charge on any atom is 0.306 e. The Morgan fingerprint density at radius 1 is 0.333 bits per heavy atom. The van der Waals surface area contributed by atoms with E-state index in [0.29, 0.717) is 19.3 Å². The Balaban J connectivity index is 4.53. The van der Waals surface area contributed by atoms with E-state index < -0.39 is 6.10 Å². The molecule has 1 atom stereocenters. The zero-order valence-corrected chi connectivity index (χ0v) is 42.4. The lowest BCUT2D eigenvalue weighted by Crippen LogP contribution is -2.30. The molecule has 0 amide bonds. The summed E-state index contributed by atoms with van der Waals surface area (Å²) in [7, 11) is 0. The zero-order chi connectivity index (χ0) is 47.9. The fraction of sp³-hybridized carbons (Fsp3) is 0.617. The summed E-state index contributed by atoms with van der Waals surface area (Å²) < 4.78 is 16.8. The third-order valence-electron chi connectivity index (χ3n) is 10.8. The summed E-state index contributed by atoms with van der Waals surface area (Å²) in [4.78, 5) is 38.0. The Morgan fingerprint density at radius 3 is 1.14 bits per heavy atom. The number of rotatable bonds is 46. The highest BCUT2D eigenvalue weighted by molar-refractivity contribution is 5.71. The average Bonchev–Trinajstić information content (AvgIpc) is 3.31. The Labute approximate surface area is 405 Å². The molecule has 0 aliphatic rings. The third-order valence-corrected chi connectivity index (χ3v) is 10.8. The van der Waals surface area contributed by atoms with E-state index >= 15 is 0 Å². The van der Waals surface area contributed by atoms with Gasteiger partial charge in [0, 0.05) is 19.3 Å². The van der Waals surface area contributed by atoms with Crippen LogP contribution in [0.25, 0.3) is 0 Å². The first kappa shape index (κ1) is 61.8. The van der Waals surface area contributed by atoms with E-state index in [9.17, 15) is 14.4 Å². The molecule has 0 aliphatic heterocycles. The topological polar surface area (TPSA) is 78.9 Å². The van der Waals surface area contributed by atoms with Crippen molar-refractivity contribution in [2.45, 2.75) is 226 Å². The van der Waals surface area contributed by atoms with Gasteiger partial charge in [-0.1, -0.05) is 226 Å². The van der Waals surface area contributed by atoms with Gasteiger partial charge in [-0.05, 0) is 96.3 Å². The molecule has 0 rings (SSSR count). The molecule has 0 N–H and O–H groups in total. The highest BCUT2D eigenvalue weighted by Gasteiger charge is 2.19. The number of esters is 3. The van der Waals surface area contributed by atoms with Crippen LogP contribution in [0.1, 0.15) is 220 Å². The number of hydrogen-bond donors (Lipinski definition) is 0. The summed E-state index contributed by atoms with van der Waals surface area (Å²) in [5.41, 5.74) is 0. The average molecular weight is 913 g/mol. The highest BCUT2D eigenvalue weighted by atomic mass is 16.6. The summed E-state index contributed by atoms with van der Waals surface area (Å²) in [6.07, 6.45) is 73.2. The van der Waals surface area contributed by atoms with Crippen molar-refractivity contribution in [2.24, 2.45) is 0 Å². The van der Waals surface area contributed by atoms with Gasteiger partial charge in [0.05, 0.1) is 0 Å². The lowest BCUT2D eigenvalue weighted by Gasteiger charge is -2.18. The molecule has 0 fully saturated rings. The number of hydrogen-bond acceptors (Lipinski definition) is 6. The number of ether oxygens (including phenoxy) is 3. The van der Waals surface area contributed by atoms with Crippen molar-refractivity contribution in [3.05, 3.63) is 122 Å². The monoisotopic (exact) mass is 913 g/mol. The Hall–Kier alpha value is -4.19. The third kappa shape index (κ3) is 50.8. The molecule has 0 saturated carbocycles. The molecule has 0 bridgehead atoms. The largest absolute Gasteiger partial charge is 0.462 e. The maximum atomic E-state index is 12.8. The van der Waals surface area contributed by atoms with Crippen LogP contribution < -0.4 is 0 Å². The summed E-state index contributed by atoms with van der Waals surface area (Å²) >= 11 is 0. The Kier molecular flexibility index (Phi) is 50.0. The molecule has 0 radical (unpaired) electrons.